The molecule has 1 N–H and O–H groups in total. The summed E-state index contributed by atoms with van der Waals surface area (Å²) in [6.07, 6.45) is 3.04. The fraction of sp³-hybridized carbons (Fsp3) is 0.636. The van der Waals surface area contributed by atoms with Gasteiger partial charge >= 0.3 is 6.09 Å². The van der Waals surface area contributed by atoms with Crippen molar-refractivity contribution in [1.29, 1.82) is 0 Å². The van der Waals surface area contributed by atoms with Gasteiger partial charge in [0.15, 0.2) is 0 Å². The number of hydrogen-bond donors (Lipinski definition) is 1. The highest BCUT2D eigenvalue weighted by Gasteiger charge is 2.24. The fourth-order valence-electron chi connectivity index (χ4n) is 1.18. The van der Waals surface area contributed by atoms with Gasteiger partial charge in [0.1, 0.15) is 11.4 Å². The molecule has 0 unspecified atom stereocenters. The van der Waals surface area contributed by atoms with Crippen LogP contribution < -0.4 is 0 Å². The van der Waals surface area contributed by atoms with Gasteiger partial charge in [-0.2, -0.15) is 0 Å². The third-order valence-electron chi connectivity index (χ3n) is 2.18. The highest BCUT2D eigenvalue weighted by molar-refractivity contribution is 5.68. The number of amides is 1. The first-order valence-corrected chi connectivity index (χ1v) is 5.26. The van der Waals surface area contributed by atoms with Gasteiger partial charge in [0.25, 0.3) is 0 Å². The van der Waals surface area contributed by atoms with Gasteiger partial charge in [0, 0.05) is 19.4 Å². The van der Waals surface area contributed by atoms with E-state index in [1.54, 1.807) is 19.4 Å². The van der Waals surface area contributed by atoms with E-state index in [0.29, 0.717) is 0 Å². The molecule has 1 aromatic rings. The molecular formula is C11H19N3O2. The molecule has 0 saturated carbocycles. The Labute approximate surface area is 95.8 Å². The predicted molar refractivity (Wildman–Crippen MR) is 61.0 cm³/mol. The van der Waals surface area contributed by atoms with Crippen LogP contribution in [-0.4, -0.2) is 33.6 Å². The van der Waals surface area contributed by atoms with Crippen LogP contribution in [0.25, 0.3) is 0 Å². The molecule has 0 bridgehead atoms. The summed E-state index contributed by atoms with van der Waals surface area (Å²) >= 11 is 0. The number of aromatic nitrogens is 2. The molecule has 0 saturated heterocycles. The van der Waals surface area contributed by atoms with E-state index in [0.717, 1.165) is 5.82 Å². The highest BCUT2D eigenvalue weighted by atomic mass is 16.6. The summed E-state index contributed by atoms with van der Waals surface area (Å²) in [4.78, 5) is 20.4. The zero-order valence-electron chi connectivity index (χ0n) is 10.4. The average Bonchev–Trinajstić information content (AvgIpc) is 2.65. The van der Waals surface area contributed by atoms with E-state index in [-0.39, 0.29) is 12.1 Å². The van der Waals surface area contributed by atoms with Gasteiger partial charge in [0.05, 0.1) is 6.04 Å². The molecule has 1 aromatic heterocycles. The van der Waals surface area contributed by atoms with Crippen LogP contribution in [0, 0.1) is 0 Å². The third-order valence-corrected chi connectivity index (χ3v) is 2.18. The monoisotopic (exact) mass is 225 g/mol. The number of nitrogens with zero attached hydrogens (tertiary/aromatic N) is 2. The van der Waals surface area contributed by atoms with Crippen molar-refractivity contribution in [2.75, 3.05) is 7.05 Å². The fourth-order valence-corrected chi connectivity index (χ4v) is 1.18. The Bertz CT molecular complexity index is 341. The molecule has 0 fully saturated rings. The van der Waals surface area contributed by atoms with E-state index >= 15 is 0 Å². The second kappa shape index (κ2) is 4.55. The summed E-state index contributed by atoms with van der Waals surface area (Å²) in [6.45, 7) is 7.42. The molecular weight excluding hydrogens is 206 g/mol. The van der Waals surface area contributed by atoms with Crippen LogP contribution in [0.5, 0.6) is 0 Å². The van der Waals surface area contributed by atoms with Crippen LogP contribution in [-0.2, 0) is 4.74 Å². The minimum atomic E-state index is -0.478. The van der Waals surface area contributed by atoms with E-state index in [1.165, 1.54) is 4.90 Å². The van der Waals surface area contributed by atoms with Crippen molar-refractivity contribution in [2.24, 2.45) is 0 Å². The third kappa shape index (κ3) is 3.25. The lowest BCUT2D eigenvalue weighted by Gasteiger charge is -2.27. The first-order chi connectivity index (χ1) is 7.31. The Morgan fingerprint density at radius 3 is 2.62 bits per heavy atom. The van der Waals surface area contributed by atoms with Crippen LogP contribution >= 0.6 is 0 Å². The quantitative estimate of drug-likeness (QED) is 0.840. The topological polar surface area (TPSA) is 58.2 Å². The molecule has 1 atom stereocenters. The maximum absolute atomic E-state index is 11.8. The van der Waals surface area contributed by atoms with E-state index in [4.69, 9.17) is 4.74 Å². The number of aromatic amines is 1. The molecule has 5 heteroatoms. The Morgan fingerprint density at radius 2 is 2.19 bits per heavy atom. The summed E-state index contributed by atoms with van der Waals surface area (Å²) in [6, 6.07) is -0.134. The van der Waals surface area contributed by atoms with Crippen molar-refractivity contribution >= 4 is 6.09 Å². The molecule has 1 amide bonds. The van der Waals surface area contributed by atoms with Gasteiger partial charge in [-0.3, -0.25) is 0 Å². The molecule has 1 heterocycles. The number of hydrogen-bond acceptors (Lipinski definition) is 3. The van der Waals surface area contributed by atoms with Crippen molar-refractivity contribution in [2.45, 2.75) is 39.3 Å². The second-order valence-electron chi connectivity index (χ2n) is 4.74. The van der Waals surface area contributed by atoms with E-state index in [9.17, 15) is 4.79 Å². The number of imidazole rings is 1. The molecule has 16 heavy (non-hydrogen) atoms. The molecule has 1 rings (SSSR count). The lowest BCUT2D eigenvalue weighted by atomic mass is 10.2. The molecule has 0 aliphatic rings. The zero-order chi connectivity index (χ0) is 12.3. The Morgan fingerprint density at radius 1 is 1.56 bits per heavy atom. The predicted octanol–water partition coefficient (Wildman–Crippen LogP) is 2.34. The smallest absolute Gasteiger partial charge is 0.410 e. The number of rotatable bonds is 2. The molecule has 0 aliphatic heterocycles. The number of ether oxygens (including phenoxy) is 1. The average molecular weight is 225 g/mol. The number of nitrogens with one attached hydrogen (secondary N) is 1. The van der Waals surface area contributed by atoms with Crippen molar-refractivity contribution < 1.29 is 9.53 Å². The summed E-state index contributed by atoms with van der Waals surface area (Å²) in [7, 11) is 1.70. The van der Waals surface area contributed by atoms with E-state index in [2.05, 4.69) is 9.97 Å². The SMILES string of the molecule is C[C@@H](c1ncc[nH]1)N(C)C(=O)OC(C)(C)C. The van der Waals surface area contributed by atoms with Crippen molar-refractivity contribution in [3.63, 3.8) is 0 Å². The Hall–Kier alpha value is -1.52. The molecule has 0 spiro atoms. The second-order valence-corrected chi connectivity index (χ2v) is 4.74. The maximum Gasteiger partial charge on any atom is 0.410 e. The van der Waals surface area contributed by atoms with Crippen molar-refractivity contribution in [3.8, 4) is 0 Å². The lowest BCUT2D eigenvalue weighted by molar-refractivity contribution is 0.0228. The molecule has 90 valence electrons. The number of carbonyl (C=O) groups excluding carboxylic acids is 1. The summed E-state index contributed by atoms with van der Waals surface area (Å²) in [5, 5.41) is 0. The normalized spacial score (nSPS) is 13.3. The minimum Gasteiger partial charge on any atom is -0.444 e. The Kier molecular flexibility index (Phi) is 3.57. The summed E-state index contributed by atoms with van der Waals surface area (Å²) < 4.78 is 5.26. The van der Waals surface area contributed by atoms with Crippen LogP contribution in [0.4, 0.5) is 4.79 Å². The largest absolute Gasteiger partial charge is 0.444 e. The van der Waals surface area contributed by atoms with Crippen molar-refractivity contribution in [3.05, 3.63) is 18.2 Å². The van der Waals surface area contributed by atoms with Gasteiger partial charge in [-0.1, -0.05) is 0 Å². The van der Waals surface area contributed by atoms with E-state index < -0.39 is 5.60 Å². The standard InChI is InChI=1S/C11H19N3O2/c1-8(9-12-6-7-13-9)14(5)10(15)16-11(2,3)4/h6-8H,1-5H3,(H,12,13)/t8-/m0/s1. The summed E-state index contributed by atoms with van der Waals surface area (Å²) in [5.41, 5.74) is -0.478. The van der Waals surface area contributed by atoms with Gasteiger partial charge in [0.2, 0.25) is 0 Å². The van der Waals surface area contributed by atoms with Crippen LogP contribution in [0.2, 0.25) is 0 Å². The minimum absolute atomic E-state index is 0.134. The van der Waals surface area contributed by atoms with Crippen LogP contribution in [0.15, 0.2) is 12.4 Å². The lowest BCUT2D eigenvalue weighted by Crippen LogP contribution is -2.36. The summed E-state index contributed by atoms with van der Waals surface area (Å²) in [5.74, 6) is 0.744. The van der Waals surface area contributed by atoms with Gasteiger partial charge in [-0.25, -0.2) is 9.78 Å². The van der Waals surface area contributed by atoms with Gasteiger partial charge in [-0.15, -0.1) is 0 Å². The first kappa shape index (κ1) is 12.5. The van der Waals surface area contributed by atoms with Gasteiger partial charge < -0.3 is 14.6 Å². The molecule has 0 aromatic carbocycles. The zero-order valence-corrected chi connectivity index (χ0v) is 10.4. The van der Waals surface area contributed by atoms with Crippen molar-refractivity contribution in [1.82, 2.24) is 14.9 Å². The first-order valence-electron chi connectivity index (χ1n) is 5.26. The van der Waals surface area contributed by atoms with Crippen LogP contribution in [0.3, 0.4) is 0 Å². The van der Waals surface area contributed by atoms with E-state index in [1.807, 2.05) is 27.7 Å². The van der Waals surface area contributed by atoms with Crippen LogP contribution in [0.1, 0.15) is 39.6 Å². The molecule has 0 aliphatic carbocycles. The maximum atomic E-state index is 11.8. The number of H-pyrrole nitrogens is 1. The Balaban J connectivity index is 2.64. The molecule has 5 nitrogen and oxygen atoms in total. The van der Waals surface area contributed by atoms with Gasteiger partial charge in [-0.05, 0) is 27.7 Å². The highest BCUT2D eigenvalue weighted by Crippen LogP contribution is 2.17. The molecule has 0 radical (unpaired) electrons. The number of carbonyl (C=O) groups is 1.